The zero-order valence-corrected chi connectivity index (χ0v) is 17.6. The highest BCUT2D eigenvalue weighted by Gasteiger charge is 2.33. The molecule has 0 spiro atoms. The van der Waals surface area contributed by atoms with E-state index >= 15 is 0 Å². The van der Waals surface area contributed by atoms with Crippen molar-refractivity contribution in [2.45, 2.75) is 31.7 Å². The first-order valence-electron chi connectivity index (χ1n) is 9.02. The summed E-state index contributed by atoms with van der Waals surface area (Å²) in [4.78, 5) is 26.1. The maximum Gasteiger partial charge on any atom is 0.245 e. The summed E-state index contributed by atoms with van der Waals surface area (Å²) in [6.07, 6.45) is 0. The molecule has 1 saturated heterocycles. The van der Waals surface area contributed by atoms with E-state index in [4.69, 9.17) is 0 Å². The lowest BCUT2D eigenvalue weighted by Crippen LogP contribution is -2.55. The predicted octanol–water partition coefficient (Wildman–Crippen LogP) is 0.685. The number of hydrogen-bond donors (Lipinski definition) is 1. The largest absolute Gasteiger partial charge is 0.344 e. The van der Waals surface area contributed by atoms with E-state index in [0.29, 0.717) is 11.0 Å². The zero-order chi connectivity index (χ0) is 20.5. The van der Waals surface area contributed by atoms with Gasteiger partial charge in [0.15, 0.2) is 0 Å². The van der Waals surface area contributed by atoms with Gasteiger partial charge in [0.25, 0.3) is 0 Å². The van der Waals surface area contributed by atoms with Crippen molar-refractivity contribution in [3.05, 3.63) is 18.2 Å². The molecule has 3 rings (SSSR count). The SMILES string of the molecule is CC(C)C(=O)N[C@@H](C)C(=O)N1CCN(S(=O)(=O)c2cccc3nsnc23)CC1. The van der Waals surface area contributed by atoms with Crippen LogP contribution in [0.15, 0.2) is 23.1 Å². The highest BCUT2D eigenvalue weighted by Crippen LogP contribution is 2.25. The number of rotatable bonds is 5. The Kier molecular flexibility index (Phi) is 5.96. The smallest absolute Gasteiger partial charge is 0.245 e. The molecule has 1 aliphatic heterocycles. The Hall–Kier alpha value is -2.11. The van der Waals surface area contributed by atoms with Crippen molar-refractivity contribution in [3.63, 3.8) is 0 Å². The molecule has 1 aromatic heterocycles. The van der Waals surface area contributed by atoms with Crippen molar-refractivity contribution < 1.29 is 18.0 Å². The molecule has 0 unspecified atom stereocenters. The Labute approximate surface area is 168 Å². The number of aromatic nitrogens is 2. The van der Waals surface area contributed by atoms with Gasteiger partial charge >= 0.3 is 0 Å². The van der Waals surface area contributed by atoms with Crippen LogP contribution in [-0.4, -0.2) is 70.4 Å². The van der Waals surface area contributed by atoms with E-state index in [0.717, 1.165) is 11.7 Å². The van der Waals surface area contributed by atoms with E-state index in [-0.39, 0.29) is 48.8 Å². The molecule has 1 N–H and O–H groups in total. The van der Waals surface area contributed by atoms with Gasteiger partial charge in [-0.25, -0.2) is 8.42 Å². The molecule has 28 heavy (non-hydrogen) atoms. The monoisotopic (exact) mass is 425 g/mol. The van der Waals surface area contributed by atoms with E-state index in [1.54, 1.807) is 37.8 Å². The molecule has 1 aromatic carbocycles. The van der Waals surface area contributed by atoms with Crippen LogP contribution >= 0.6 is 11.7 Å². The molecule has 152 valence electrons. The average Bonchev–Trinajstić information content (AvgIpc) is 3.16. The number of carbonyl (C=O) groups is 2. The fourth-order valence-electron chi connectivity index (χ4n) is 2.99. The van der Waals surface area contributed by atoms with E-state index in [2.05, 4.69) is 14.1 Å². The van der Waals surface area contributed by atoms with Gasteiger partial charge in [0.2, 0.25) is 21.8 Å². The standard InChI is InChI=1S/C17H23N5O4S2/c1-11(2)16(23)18-12(3)17(24)21-7-9-22(10-8-21)28(25,26)14-6-4-5-13-15(14)20-27-19-13/h4-6,11-12H,7-10H2,1-3H3,(H,18,23)/t12-/m0/s1. The number of benzene rings is 1. The quantitative estimate of drug-likeness (QED) is 0.754. The maximum atomic E-state index is 13.0. The number of amides is 2. The summed E-state index contributed by atoms with van der Waals surface area (Å²) >= 11 is 0.974. The maximum absolute atomic E-state index is 13.0. The predicted molar refractivity (Wildman–Crippen MR) is 105 cm³/mol. The van der Waals surface area contributed by atoms with Crippen LogP contribution < -0.4 is 5.32 Å². The second kappa shape index (κ2) is 8.10. The fourth-order valence-corrected chi connectivity index (χ4v) is 5.17. The lowest BCUT2D eigenvalue weighted by Gasteiger charge is -2.35. The summed E-state index contributed by atoms with van der Waals surface area (Å²) in [5, 5.41) is 2.68. The Morgan fingerprint density at radius 1 is 1.11 bits per heavy atom. The number of nitrogens with one attached hydrogen (secondary N) is 1. The third-order valence-electron chi connectivity index (χ3n) is 4.67. The van der Waals surface area contributed by atoms with Crippen LogP contribution in [0.5, 0.6) is 0 Å². The van der Waals surface area contributed by atoms with Gasteiger partial charge in [-0.3, -0.25) is 9.59 Å². The summed E-state index contributed by atoms with van der Waals surface area (Å²) in [5.41, 5.74) is 0.922. The minimum Gasteiger partial charge on any atom is -0.344 e. The lowest BCUT2D eigenvalue weighted by molar-refractivity contribution is -0.137. The summed E-state index contributed by atoms with van der Waals surface area (Å²) in [6, 6.07) is 4.25. The Morgan fingerprint density at radius 2 is 1.79 bits per heavy atom. The van der Waals surface area contributed by atoms with Crippen LogP contribution in [0, 0.1) is 5.92 Å². The van der Waals surface area contributed by atoms with E-state index in [1.165, 1.54) is 10.4 Å². The molecule has 9 nitrogen and oxygen atoms in total. The topological polar surface area (TPSA) is 113 Å². The second-order valence-corrected chi connectivity index (χ2v) is 9.44. The average molecular weight is 426 g/mol. The molecule has 0 radical (unpaired) electrons. The highest BCUT2D eigenvalue weighted by atomic mass is 32.2. The van der Waals surface area contributed by atoms with Crippen LogP contribution in [0.2, 0.25) is 0 Å². The number of sulfonamides is 1. The van der Waals surface area contributed by atoms with Gasteiger partial charge in [-0.05, 0) is 19.1 Å². The van der Waals surface area contributed by atoms with Crippen molar-refractivity contribution in [1.29, 1.82) is 0 Å². The number of piperazine rings is 1. The zero-order valence-electron chi connectivity index (χ0n) is 16.0. The molecule has 0 bridgehead atoms. The molecule has 11 heteroatoms. The van der Waals surface area contributed by atoms with Gasteiger partial charge in [0, 0.05) is 32.1 Å². The summed E-state index contributed by atoms with van der Waals surface area (Å²) in [5.74, 6) is -0.607. The number of carbonyl (C=O) groups excluding carboxylic acids is 2. The summed E-state index contributed by atoms with van der Waals surface area (Å²) in [6.45, 7) is 6.07. The lowest BCUT2D eigenvalue weighted by atomic mass is 10.2. The molecular weight excluding hydrogens is 402 g/mol. The summed E-state index contributed by atoms with van der Waals surface area (Å²) in [7, 11) is -3.73. The van der Waals surface area contributed by atoms with E-state index in [9.17, 15) is 18.0 Å². The van der Waals surface area contributed by atoms with Crippen molar-refractivity contribution in [2.75, 3.05) is 26.2 Å². The first-order chi connectivity index (χ1) is 13.2. The highest BCUT2D eigenvalue weighted by molar-refractivity contribution is 7.89. The van der Waals surface area contributed by atoms with Crippen LogP contribution in [0.4, 0.5) is 0 Å². The molecule has 0 saturated carbocycles. The van der Waals surface area contributed by atoms with Crippen molar-refractivity contribution in [1.82, 2.24) is 23.3 Å². The molecule has 1 fully saturated rings. The molecule has 2 amide bonds. The normalized spacial score (nSPS) is 17.1. The van der Waals surface area contributed by atoms with Gasteiger partial charge in [0.05, 0.1) is 11.7 Å². The molecular formula is C17H23N5O4S2. The molecule has 0 aliphatic carbocycles. The number of nitrogens with zero attached hydrogens (tertiary/aromatic N) is 4. The summed E-state index contributed by atoms with van der Waals surface area (Å²) < 4.78 is 35.6. The van der Waals surface area contributed by atoms with Gasteiger partial charge < -0.3 is 10.2 Å². The second-order valence-electron chi connectivity index (χ2n) is 7.00. The number of hydrogen-bond acceptors (Lipinski definition) is 7. The van der Waals surface area contributed by atoms with Crippen molar-refractivity contribution >= 4 is 44.6 Å². The fraction of sp³-hybridized carbons (Fsp3) is 0.529. The van der Waals surface area contributed by atoms with Crippen molar-refractivity contribution in [2.24, 2.45) is 5.92 Å². The third-order valence-corrected chi connectivity index (χ3v) is 7.14. The van der Waals surface area contributed by atoms with Crippen LogP contribution in [0.3, 0.4) is 0 Å². The van der Waals surface area contributed by atoms with Gasteiger partial charge in [-0.15, -0.1) is 0 Å². The molecule has 2 heterocycles. The molecule has 2 aromatic rings. The third kappa shape index (κ3) is 4.01. The van der Waals surface area contributed by atoms with Crippen molar-refractivity contribution in [3.8, 4) is 0 Å². The van der Waals surface area contributed by atoms with Crippen LogP contribution in [0.25, 0.3) is 11.0 Å². The number of fused-ring (bicyclic) bond motifs is 1. The molecule has 1 atom stereocenters. The van der Waals surface area contributed by atoms with Crippen LogP contribution in [-0.2, 0) is 19.6 Å². The van der Waals surface area contributed by atoms with Gasteiger partial charge in [0.1, 0.15) is 22.0 Å². The van der Waals surface area contributed by atoms with E-state index < -0.39 is 16.1 Å². The Morgan fingerprint density at radius 3 is 2.43 bits per heavy atom. The minimum atomic E-state index is -3.73. The van der Waals surface area contributed by atoms with E-state index in [1.807, 2.05) is 0 Å². The molecule has 1 aliphatic rings. The van der Waals surface area contributed by atoms with Crippen LogP contribution in [0.1, 0.15) is 20.8 Å². The first-order valence-corrected chi connectivity index (χ1v) is 11.2. The minimum absolute atomic E-state index is 0.135. The Bertz CT molecular complexity index is 980. The first kappa shape index (κ1) is 20.6. The van der Waals surface area contributed by atoms with Gasteiger partial charge in [-0.1, -0.05) is 19.9 Å². The Balaban J connectivity index is 1.67. The van der Waals surface area contributed by atoms with Gasteiger partial charge in [-0.2, -0.15) is 13.1 Å².